The van der Waals surface area contributed by atoms with E-state index in [4.69, 9.17) is 4.74 Å². The zero-order chi connectivity index (χ0) is 14.0. The molecule has 0 saturated carbocycles. The van der Waals surface area contributed by atoms with Gasteiger partial charge >= 0.3 is 6.03 Å². The monoisotopic (exact) mass is 283 g/mol. The predicted octanol–water partition coefficient (Wildman–Crippen LogP) is 2.16. The number of ether oxygens (including phenoxy) is 1. The minimum atomic E-state index is -0.285. The summed E-state index contributed by atoms with van der Waals surface area (Å²) in [6.07, 6.45) is 0.0658. The molecule has 2 amide bonds. The van der Waals surface area contributed by atoms with Gasteiger partial charge in [0.05, 0.1) is 35.5 Å². The second-order valence-electron chi connectivity index (χ2n) is 5.59. The van der Waals surface area contributed by atoms with Crippen LogP contribution < -0.4 is 5.32 Å². The highest BCUT2D eigenvalue weighted by atomic mass is 32.1. The molecule has 0 radical (unpaired) electrons. The first-order chi connectivity index (χ1) is 8.85. The summed E-state index contributed by atoms with van der Waals surface area (Å²) in [5.74, 6) is 0. The van der Waals surface area contributed by atoms with Crippen LogP contribution in [0.1, 0.15) is 31.5 Å². The number of morpholine rings is 1. The Hall–Kier alpha value is -1.14. The summed E-state index contributed by atoms with van der Waals surface area (Å²) in [4.78, 5) is 18.3. The van der Waals surface area contributed by atoms with Gasteiger partial charge in [0.1, 0.15) is 0 Å². The second-order valence-corrected chi connectivity index (χ2v) is 6.65. The van der Waals surface area contributed by atoms with Crippen LogP contribution in [-0.4, -0.2) is 40.7 Å². The Kier molecular flexibility index (Phi) is 4.10. The Morgan fingerprint density at radius 3 is 3.00 bits per heavy atom. The van der Waals surface area contributed by atoms with Crippen molar-refractivity contribution in [3.8, 4) is 0 Å². The lowest BCUT2D eigenvalue weighted by Gasteiger charge is -2.41. The van der Waals surface area contributed by atoms with E-state index in [1.165, 1.54) is 0 Å². The lowest BCUT2D eigenvalue weighted by atomic mass is 10.1. The molecule has 1 atom stereocenters. The summed E-state index contributed by atoms with van der Waals surface area (Å²) in [5.41, 5.74) is 0.628. The number of hydrogen-bond acceptors (Lipinski definition) is 4. The topological polar surface area (TPSA) is 54.5 Å². The largest absolute Gasteiger partial charge is 0.369 e. The molecule has 1 aromatic rings. The summed E-state index contributed by atoms with van der Waals surface area (Å²) in [6, 6.07) is -0.0473. The number of carbonyl (C=O) groups excluding carboxylic acids is 1. The molecule has 1 saturated heterocycles. The summed E-state index contributed by atoms with van der Waals surface area (Å²) in [6.45, 7) is 9.69. The Morgan fingerprint density at radius 1 is 1.68 bits per heavy atom. The average Bonchev–Trinajstić information content (AvgIpc) is 2.69. The van der Waals surface area contributed by atoms with Crippen LogP contribution in [0.2, 0.25) is 0 Å². The van der Waals surface area contributed by atoms with E-state index in [2.05, 4.69) is 10.3 Å². The molecule has 1 aliphatic rings. The van der Waals surface area contributed by atoms with Crippen LogP contribution in [-0.2, 0) is 11.3 Å². The highest BCUT2D eigenvalue weighted by Crippen LogP contribution is 2.20. The van der Waals surface area contributed by atoms with Crippen molar-refractivity contribution in [2.45, 2.75) is 45.9 Å². The van der Waals surface area contributed by atoms with Crippen LogP contribution in [0.15, 0.2) is 5.38 Å². The van der Waals surface area contributed by atoms with Gasteiger partial charge in [-0.2, -0.15) is 0 Å². The molecule has 2 rings (SSSR count). The quantitative estimate of drug-likeness (QED) is 0.905. The number of rotatable bonds is 2. The third-order valence-corrected chi connectivity index (χ3v) is 3.77. The maximum absolute atomic E-state index is 12.1. The molecule has 6 heteroatoms. The van der Waals surface area contributed by atoms with E-state index in [1.807, 2.05) is 38.0 Å². The number of hydrogen-bond donors (Lipinski definition) is 1. The zero-order valence-corrected chi connectivity index (χ0v) is 12.7. The van der Waals surface area contributed by atoms with Gasteiger partial charge in [0.15, 0.2) is 0 Å². The van der Waals surface area contributed by atoms with Crippen LogP contribution in [0, 0.1) is 6.92 Å². The number of aromatic nitrogens is 1. The summed E-state index contributed by atoms with van der Waals surface area (Å²) >= 11 is 1.60. The molecule has 0 aliphatic carbocycles. The van der Waals surface area contributed by atoms with E-state index in [-0.39, 0.29) is 17.7 Å². The first-order valence-corrected chi connectivity index (χ1v) is 7.35. The number of thiazole rings is 1. The van der Waals surface area contributed by atoms with Crippen LogP contribution in [0.3, 0.4) is 0 Å². The van der Waals surface area contributed by atoms with Crippen molar-refractivity contribution in [2.75, 3.05) is 13.1 Å². The normalized spacial score (nSPS) is 22.3. The standard InChI is InChI=1S/C13H21N3O2S/c1-9-6-16(8-13(3,4)18-9)12(17)14-5-11-7-19-10(2)15-11/h7,9H,5-6,8H2,1-4H3,(H,14,17)/t9-/m1/s1. The SMILES string of the molecule is Cc1nc(CNC(=O)N2C[C@@H](C)OC(C)(C)C2)cs1. The molecule has 19 heavy (non-hydrogen) atoms. The van der Waals surface area contributed by atoms with Crippen LogP contribution in [0.25, 0.3) is 0 Å². The van der Waals surface area contributed by atoms with Gasteiger partial charge in [-0.3, -0.25) is 0 Å². The zero-order valence-electron chi connectivity index (χ0n) is 11.9. The maximum Gasteiger partial charge on any atom is 0.317 e. The number of aryl methyl sites for hydroxylation is 1. The number of urea groups is 1. The number of amides is 2. The van der Waals surface area contributed by atoms with Crippen molar-refractivity contribution in [1.82, 2.24) is 15.2 Å². The first kappa shape index (κ1) is 14.3. The van der Waals surface area contributed by atoms with Gasteiger partial charge in [0.25, 0.3) is 0 Å². The molecule has 0 bridgehead atoms. The second kappa shape index (κ2) is 5.46. The Labute approximate surface area is 118 Å². The predicted molar refractivity (Wildman–Crippen MR) is 75.3 cm³/mol. The van der Waals surface area contributed by atoms with E-state index in [0.717, 1.165) is 10.7 Å². The van der Waals surface area contributed by atoms with Crippen molar-refractivity contribution in [3.05, 3.63) is 16.1 Å². The highest BCUT2D eigenvalue weighted by Gasteiger charge is 2.33. The Balaban J connectivity index is 1.89. The molecule has 106 valence electrons. The van der Waals surface area contributed by atoms with Gasteiger partial charge in [-0.15, -0.1) is 11.3 Å². The van der Waals surface area contributed by atoms with Gasteiger partial charge in [0.2, 0.25) is 0 Å². The first-order valence-electron chi connectivity index (χ1n) is 6.47. The van der Waals surface area contributed by atoms with E-state index in [9.17, 15) is 4.79 Å². The highest BCUT2D eigenvalue weighted by molar-refractivity contribution is 7.09. The lowest BCUT2D eigenvalue weighted by Crippen LogP contribution is -2.56. The van der Waals surface area contributed by atoms with Crippen LogP contribution in [0.5, 0.6) is 0 Å². The summed E-state index contributed by atoms with van der Waals surface area (Å²) in [5, 5.41) is 5.91. The van der Waals surface area contributed by atoms with Crippen molar-refractivity contribution >= 4 is 17.4 Å². The lowest BCUT2D eigenvalue weighted by molar-refractivity contribution is -0.117. The average molecular weight is 283 g/mol. The minimum absolute atomic E-state index is 0.0473. The molecular weight excluding hydrogens is 262 g/mol. The molecule has 1 fully saturated rings. The van der Waals surface area contributed by atoms with Crippen molar-refractivity contribution in [1.29, 1.82) is 0 Å². The molecule has 0 unspecified atom stereocenters. The third-order valence-electron chi connectivity index (χ3n) is 2.94. The number of nitrogens with one attached hydrogen (secondary N) is 1. The van der Waals surface area contributed by atoms with Crippen molar-refractivity contribution in [2.24, 2.45) is 0 Å². The van der Waals surface area contributed by atoms with Gasteiger partial charge in [-0.05, 0) is 27.7 Å². The summed E-state index contributed by atoms with van der Waals surface area (Å²) in [7, 11) is 0. The smallest absolute Gasteiger partial charge is 0.317 e. The minimum Gasteiger partial charge on any atom is -0.369 e. The molecule has 0 aromatic carbocycles. The summed E-state index contributed by atoms with van der Waals surface area (Å²) < 4.78 is 5.79. The van der Waals surface area contributed by atoms with E-state index in [0.29, 0.717) is 19.6 Å². The van der Waals surface area contributed by atoms with Crippen LogP contribution >= 0.6 is 11.3 Å². The Bertz CT molecular complexity index is 458. The van der Waals surface area contributed by atoms with Crippen LogP contribution in [0.4, 0.5) is 4.79 Å². The molecule has 5 nitrogen and oxygen atoms in total. The Morgan fingerprint density at radius 2 is 2.42 bits per heavy atom. The van der Waals surface area contributed by atoms with Crippen molar-refractivity contribution < 1.29 is 9.53 Å². The van der Waals surface area contributed by atoms with Crippen molar-refractivity contribution in [3.63, 3.8) is 0 Å². The maximum atomic E-state index is 12.1. The van der Waals surface area contributed by atoms with Gasteiger partial charge < -0.3 is 15.0 Å². The van der Waals surface area contributed by atoms with E-state index >= 15 is 0 Å². The fourth-order valence-electron chi connectivity index (χ4n) is 2.38. The van der Waals surface area contributed by atoms with E-state index < -0.39 is 0 Å². The fourth-order valence-corrected chi connectivity index (χ4v) is 2.99. The van der Waals surface area contributed by atoms with Gasteiger partial charge in [-0.25, -0.2) is 9.78 Å². The molecular formula is C13H21N3O2S. The molecule has 0 spiro atoms. The third kappa shape index (κ3) is 3.91. The van der Waals surface area contributed by atoms with Gasteiger partial charge in [0, 0.05) is 11.9 Å². The number of nitrogens with zero attached hydrogens (tertiary/aromatic N) is 2. The van der Waals surface area contributed by atoms with E-state index in [1.54, 1.807) is 11.3 Å². The molecule has 2 heterocycles. The molecule has 1 aromatic heterocycles. The molecule has 1 aliphatic heterocycles. The fraction of sp³-hybridized carbons (Fsp3) is 0.692. The number of carbonyl (C=O) groups is 1. The molecule has 1 N–H and O–H groups in total. The van der Waals surface area contributed by atoms with Gasteiger partial charge in [-0.1, -0.05) is 0 Å².